The molecule has 8 heteroatoms. The lowest BCUT2D eigenvalue weighted by atomic mass is 9.86. The van der Waals surface area contributed by atoms with E-state index in [1.807, 2.05) is 0 Å². The summed E-state index contributed by atoms with van der Waals surface area (Å²) >= 11 is 12.0. The maximum Gasteiger partial charge on any atom is 0.387 e. The third kappa shape index (κ3) is 2.87. The maximum absolute atomic E-state index is 12.5. The number of amides is 1. The average molecular weight is 351 g/mol. The van der Waals surface area contributed by atoms with Crippen molar-refractivity contribution < 1.29 is 18.3 Å². The van der Waals surface area contributed by atoms with E-state index < -0.39 is 6.61 Å². The zero-order valence-corrected chi connectivity index (χ0v) is 13.0. The first kappa shape index (κ1) is 15.8. The fourth-order valence-electron chi connectivity index (χ4n) is 3.04. The van der Waals surface area contributed by atoms with Crippen LogP contribution in [0.3, 0.4) is 0 Å². The maximum atomic E-state index is 12.5. The summed E-state index contributed by atoms with van der Waals surface area (Å²) in [5.41, 5.74) is 3.39. The summed E-state index contributed by atoms with van der Waals surface area (Å²) in [6, 6.07) is 2.62. The van der Waals surface area contributed by atoms with Crippen molar-refractivity contribution in [2.24, 2.45) is 5.92 Å². The van der Waals surface area contributed by atoms with Crippen LogP contribution < -0.4 is 15.2 Å². The van der Waals surface area contributed by atoms with Gasteiger partial charge in [0.15, 0.2) is 0 Å². The number of carbonyl (C=O) groups excluding carboxylic acids is 1. The average Bonchev–Trinajstić information content (AvgIpc) is 2.79. The van der Waals surface area contributed by atoms with Gasteiger partial charge in [-0.3, -0.25) is 4.79 Å². The number of nitrogens with zero attached hydrogens (tertiary/aromatic N) is 1. The standard InChI is InChI=1S/C14H14Cl2F2N2O2/c15-8-5-9(16)12(22-14(17)18)6-11(8)20-13(21)7-3-1-2-4-10(7)19-20/h5-7,10,14,19H,1-4H2. The van der Waals surface area contributed by atoms with Crippen molar-refractivity contribution in [2.45, 2.75) is 38.3 Å². The van der Waals surface area contributed by atoms with Crippen molar-refractivity contribution in [3.8, 4) is 5.75 Å². The van der Waals surface area contributed by atoms with Crippen molar-refractivity contribution in [2.75, 3.05) is 5.01 Å². The van der Waals surface area contributed by atoms with Crippen LogP contribution in [0.5, 0.6) is 5.75 Å². The van der Waals surface area contributed by atoms with E-state index in [1.54, 1.807) is 0 Å². The van der Waals surface area contributed by atoms with Gasteiger partial charge in [-0.1, -0.05) is 36.0 Å². The SMILES string of the molecule is O=C1C2CCCCC2NN1c1cc(OC(F)F)c(Cl)cc1Cl. The Hall–Kier alpha value is -1.11. The van der Waals surface area contributed by atoms with Gasteiger partial charge in [0.25, 0.3) is 0 Å². The first-order valence-corrected chi connectivity index (χ1v) is 7.77. The molecule has 120 valence electrons. The van der Waals surface area contributed by atoms with Crippen LogP contribution in [0, 0.1) is 5.92 Å². The number of nitrogens with one attached hydrogen (secondary N) is 1. The summed E-state index contributed by atoms with van der Waals surface area (Å²) in [5.74, 6) is -0.405. The van der Waals surface area contributed by atoms with Crippen LogP contribution in [-0.4, -0.2) is 18.6 Å². The number of hydrogen-bond acceptors (Lipinski definition) is 3. The second-order valence-corrected chi connectivity index (χ2v) is 6.23. The highest BCUT2D eigenvalue weighted by molar-refractivity contribution is 6.37. The van der Waals surface area contributed by atoms with Crippen molar-refractivity contribution in [1.82, 2.24) is 5.43 Å². The monoisotopic (exact) mass is 350 g/mol. The highest BCUT2D eigenvalue weighted by atomic mass is 35.5. The molecule has 1 aliphatic heterocycles. The summed E-state index contributed by atoms with van der Waals surface area (Å²) in [7, 11) is 0. The highest BCUT2D eigenvalue weighted by Gasteiger charge is 2.42. The highest BCUT2D eigenvalue weighted by Crippen LogP contribution is 2.40. The molecule has 2 fully saturated rings. The van der Waals surface area contributed by atoms with Crippen LogP contribution in [0.25, 0.3) is 0 Å². The number of alkyl halides is 2. The van der Waals surface area contributed by atoms with E-state index in [-0.39, 0.29) is 39.3 Å². The van der Waals surface area contributed by atoms with Crippen LogP contribution in [0.2, 0.25) is 10.0 Å². The van der Waals surface area contributed by atoms with Crippen molar-refractivity contribution in [3.05, 3.63) is 22.2 Å². The molecule has 0 aromatic heterocycles. The Morgan fingerprint density at radius 2 is 1.95 bits per heavy atom. The number of fused-ring (bicyclic) bond motifs is 1. The Morgan fingerprint density at radius 1 is 1.23 bits per heavy atom. The molecule has 1 N–H and O–H groups in total. The summed E-state index contributed by atoms with van der Waals surface area (Å²) in [6.45, 7) is -3.00. The molecule has 0 spiro atoms. The smallest absolute Gasteiger partial charge is 0.387 e. The van der Waals surface area contributed by atoms with Crippen molar-refractivity contribution in [1.29, 1.82) is 0 Å². The lowest BCUT2D eigenvalue weighted by molar-refractivity contribution is -0.121. The van der Waals surface area contributed by atoms with E-state index in [9.17, 15) is 13.6 Å². The van der Waals surface area contributed by atoms with Gasteiger partial charge in [-0.2, -0.15) is 8.78 Å². The van der Waals surface area contributed by atoms with Gasteiger partial charge in [0.05, 0.1) is 21.7 Å². The molecule has 1 aromatic rings. The number of halogens is 4. The minimum atomic E-state index is -3.00. The Bertz CT molecular complexity index is 600. The Labute approximate surface area is 136 Å². The van der Waals surface area contributed by atoms with Gasteiger partial charge in [-0.25, -0.2) is 10.4 Å². The van der Waals surface area contributed by atoms with E-state index in [2.05, 4.69) is 10.2 Å². The predicted molar refractivity (Wildman–Crippen MR) is 79.5 cm³/mol. The van der Waals surface area contributed by atoms with E-state index >= 15 is 0 Å². The number of carbonyl (C=O) groups is 1. The molecule has 1 aliphatic carbocycles. The number of hydrogen-bond donors (Lipinski definition) is 1. The van der Waals surface area contributed by atoms with Crippen molar-refractivity contribution in [3.63, 3.8) is 0 Å². The summed E-state index contributed by atoms with van der Waals surface area (Å²) in [6.07, 6.45) is 3.79. The molecule has 1 heterocycles. The molecule has 2 atom stereocenters. The molecule has 1 saturated heterocycles. The van der Waals surface area contributed by atoms with Gasteiger partial charge in [-0.05, 0) is 18.9 Å². The fraction of sp³-hybridized carbons (Fsp3) is 0.500. The largest absolute Gasteiger partial charge is 0.433 e. The zero-order chi connectivity index (χ0) is 15.9. The van der Waals surface area contributed by atoms with E-state index in [4.69, 9.17) is 23.2 Å². The number of ether oxygens (including phenoxy) is 1. The second kappa shape index (κ2) is 6.18. The first-order chi connectivity index (χ1) is 10.5. The molecule has 1 amide bonds. The molecular weight excluding hydrogens is 337 g/mol. The van der Waals surface area contributed by atoms with E-state index in [0.29, 0.717) is 0 Å². The predicted octanol–water partition coefficient (Wildman–Crippen LogP) is 4.00. The Balaban J connectivity index is 1.92. The molecule has 3 rings (SSSR count). The topological polar surface area (TPSA) is 41.6 Å². The first-order valence-electron chi connectivity index (χ1n) is 7.01. The molecule has 0 bridgehead atoms. The van der Waals surface area contributed by atoms with Crippen LogP contribution in [0.4, 0.5) is 14.5 Å². The summed E-state index contributed by atoms with van der Waals surface area (Å²) < 4.78 is 29.2. The van der Waals surface area contributed by atoms with Gasteiger partial charge in [0.1, 0.15) is 5.75 Å². The van der Waals surface area contributed by atoms with Gasteiger partial charge in [-0.15, -0.1) is 0 Å². The molecule has 1 aromatic carbocycles. The normalized spacial score (nSPS) is 24.8. The van der Waals surface area contributed by atoms with E-state index in [0.717, 1.165) is 25.7 Å². The molecule has 2 aliphatic rings. The minimum Gasteiger partial charge on any atom is -0.433 e. The lowest BCUT2D eigenvalue weighted by Gasteiger charge is -2.22. The number of hydrazine groups is 1. The molecule has 4 nitrogen and oxygen atoms in total. The van der Waals surface area contributed by atoms with Gasteiger partial charge >= 0.3 is 6.61 Å². The van der Waals surface area contributed by atoms with Crippen LogP contribution in [0.15, 0.2) is 12.1 Å². The minimum absolute atomic E-state index is 0.0295. The fourth-order valence-corrected chi connectivity index (χ4v) is 3.55. The molecule has 0 radical (unpaired) electrons. The molecule has 22 heavy (non-hydrogen) atoms. The van der Waals surface area contributed by atoms with E-state index in [1.165, 1.54) is 17.1 Å². The number of anilines is 1. The summed E-state index contributed by atoms with van der Waals surface area (Å²) in [4.78, 5) is 12.5. The van der Waals surface area contributed by atoms with Gasteiger partial charge in [0, 0.05) is 12.1 Å². The van der Waals surface area contributed by atoms with Crippen LogP contribution in [-0.2, 0) is 4.79 Å². The van der Waals surface area contributed by atoms with Gasteiger partial charge < -0.3 is 4.74 Å². The van der Waals surface area contributed by atoms with Crippen LogP contribution >= 0.6 is 23.2 Å². The Kier molecular flexibility index (Phi) is 4.43. The Morgan fingerprint density at radius 3 is 2.64 bits per heavy atom. The molecule has 2 unspecified atom stereocenters. The van der Waals surface area contributed by atoms with Crippen molar-refractivity contribution >= 4 is 34.8 Å². The second-order valence-electron chi connectivity index (χ2n) is 5.41. The zero-order valence-electron chi connectivity index (χ0n) is 11.5. The summed E-state index contributed by atoms with van der Waals surface area (Å²) in [5, 5.41) is 1.50. The lowest BCUT2D eigenvalue weighted by Crippen LogP contribution is -2.38. The molecular formula is C14H14Cl2F2N2O2. The van der Waals surface area contributed by atoms with Crippen LogP contribution in [0.1, 0.15) is 25.7 Å². The quantitative estimate of drug-likeness (QED) is 0.895. The molecule has 1 saturated carbocycles. The van der Waals surface area contributed by atoms with Gasteiger partial charge in [0.2, 0.25) is 5.91 Å². The number of rotatable bonds is 3. The third-order valence-corrected chi connectivity index (χ3v) is 4.65. The third-order valence-electron chi connectivity index (χ3n) is 4.06. The number of benzene rings is 1.